The van der Waals surface area contributed by atoms with E-state index in [0.29, 0.717) is 13.1 Å². The van der Waals surface area contributed by atoms with Crippen molar-refractivity contribution in [1.82, 2.24) is 4.90 Å². The molecule has 1 fully saturated rings. The van der Waals surface area contributed by atoms with E-state index in [2.05, 4.69) is 0 Å². The minimum Gasteiger partial charge on any atom is -0.384 e. The quantitative estimate of drug-likeness (QED) is 0.718. The lowest BCUT2D eigenvalue weighted by Gasteiger charge is -2.19. The van der Waals surface area contributed by atoms with Gasteiger partial charge in [0.2, 0.25) is 0 Å². The summed E-state index contributed by atoms with van der Waals surface area (Å²) >= 11 is 0. The Morgan fingerprint density at radius 3 is 2.64 bits per heavy atom. The number of likely N-dealkylation sites (tertiary alicyclic amines) is 1. The van der Waals surface area contributed by atoms with Crippen molar-refractivity contribution in [3.63, 3.8) is 0 Å². The molecule has 1 rings (SSSR count). The number of nitrogens with zero attached hydrogens (tertiary/aromatic N) is 1. The lowest BCUT2D eigenvalue weighted by Crippen LogP contribution is -2.37. The molecule has 4 nitrogen and oxygen atoms in total. The topological polar surface area (TPSA) is 49.8 Å². The van der Waals surface area contributed by atoms with E-state index in [1.807, 2.05) is 13.8 Å². The molecule has 1 saturated heterocycles. The summed E-state index contributed by atoms with van der Waals surface area (Å²) in [4.78, 5) is 13.1. The van der Waals surface area contributed by atoms with Gasteiger partial charge in [-0.25, -0.2) is 0 Å². The Bertz CT molecular complexity index is 204. The lowest BCUT2D eigenvalue weighted by atomic mass is 10.3. The zero-order chi connectivity index (χ0) is 10.7. The van der Waals surface area contributed by atoms with Crippen LogP contribution in [0.4, 0.5) is 0 Å². The molecule has 0 aliphatic carbocycles. The highest BCUT2D eigenvalue weighted by Gasteiger charge is 2.28. The van der Waals surface area contributed by atoms with Crippen LogP contribution in [0.5, 0.6) is 0 Å². The van der Waals surface area contributed by atoms with Crippen LogP contribution in [0.25, 0.3) is 0 Å². The first-order chi connectivity index (χ1) is 6.50. The third-order valence-corrected chi connectivity index (χ3v) is 2.28. The van der Waals surface area contributed by atoms with Gasteiger partial charge < -0.3 is 14.7 Å². The van der Waals surface area contributed by atoms with E-state index in [1.54, 1.807) is 4.90 Å². The molecule has 0 aromatic rings. The Kier molecular flexibility index (Phi) is 3.89. The molecule has 0 radical (unpaired) electrons. The highest BCUT2D eigenvalue weighted by atomic mass is 16.5. The van der Waals surface area contributed by atoms with Gasteiger partial charge >= 0.3 is 0 Å². The third-order valence-electron chi connectivity index (χ3n) is 2.28. The van der Waals surface area contributed by atoms with Crippen LogP contribution >= 0.6 is 0 Å². The molecule has 1 unspecified atom stereocenters. The second kappa shape index (κ2) is 4.75. The lowest BCUT2D eigenvalue weighted by molar-refractivity contribution is -0.138. The van der Waals surface area contributed by atoms with Gasteiger partial charge in [-0.05, 0) is 27.2 Å². The monoisotopic (exact) mass is 201 g/mol. The summed E-state index contributed by atoms with van der Waals surface area (Å²) in [6.45, 7) is 6.78. The molecule has 0 spiro atoms. The first-order valence-corrected chi connectivity index (χ1v) is 5.13. The predicted octanol–water partition coefficient (Wildman–Crippen LogP) is 0.393. The standard InChI is InChI=1S/C10H19NO3/c1-7(2)14-9-4-5-11(6-9)10(13)8(3)12/h7-9,12H,4-6H2,1-3H3/t8-,9?/m1/s1. The van der Waals surface area contributed by atoms with E-state index >= 15 is 0 Å². The van der Waals surface area contributed by atoms with Crippen molar-refractivity contribution >= 4 is 5.91 Å². The van der Waals surface area contributed by atoms with E-state index in [1.165, 1.54) is 6.92 Å². The molecule has 0 aromatic heterocycles. The van der Waals surface area contributed by atoms with Gasteiger partial charge in [0.15, 0.2) is 0 Å². The number of aliphatic hydroxyl groups excluding tert-OH is 1. The predicted molar refractivity (Wildman–Crippen MR) is 52.9 cm³/mol. The number of hydrogen-bond donors (Lipinski definition) is 1. The number of amides is 1. The molecule has 1 heterocycles. The van der Waals surface area contributed by atoms with Gasteiger partial charge in [0, 0.05) is 13.1 Å². The zero-order valence-electron chi connectivity index (χ0n) is 9.06. The van der Waals surface area contributed by atoms with Crippen LogP contribution in [0.15, 0.2) is 0 Å². The summed E-state index contributed by atoms with van der Waals surface area (Å²) < 4.78 is 5.60. The molecule has 4 heteroatoms. The fourth-order valence-corrected chi connectivity index (χ4v) is 1.69. The normalized spacial score (nSPS) is 24.4. The maximum Gasteiger partial charge on any atom is 0.251 e. The van der Waals surface area contributed by atoms with E-state index < -0.39 is 6.10 Å². The van der Waals surface area contributed by atoms with E-state index in [0.717, 1.165) is 6.42 Å². The Balaban J connectivity index is 2.37. The summed E-state index contributed by atoms with van der Waals surface area (Å²) in [7, 11) is 0. The number of aliphatic hydroxyl groups is 1. The van der Waals surface area contributed by atoms with Crippen LogP contribution in [-0.2, 0) is 9.53 Å². The second-order valence-corrected chi connectivity index (χ2v) is 4.06. The maximum absolute atomic E-state index is 11.4. The Labute approximate surface area is 84.8 Å². The molecule has 2 atom stereocenters. The minimum absolute atomic E-state index is 0.137. The summed E-state index contributed by atoms with van der Waals surface area (Å²) in [5.74, 6) is -0.195. The van der Waals surface area contributed by atoms with Gasteiger partial charge in [-0.3, -0.25) is 4.79 Å². The molecule has 1 aliphatic heterocycles. The molecule has 0 saturated carbocycles. The summed E-state index contributed by atoms with van der Waals surface area (Å²) in [5.41, 5.74) is 0. The smallest absolute Gasteiger partial charge is 0.251 e. The summed E-state index contributed by atoms with van der Waals surface area (Å²) in [6.07, 6.45) is 0.309. The van der Waals surface area contributed by atoms with Gasteiger partial charge in [-0.1, -0.05) is 0 Å². The molecule has 0 aromatic carbocycles. The minimum atomic E-state index is -0.896. The SMILES string of the molecule is CC(C)OC1CCN(C(=O)[C@@H](C)O)C1. The van der Waals surface area contributed by atoms with Gasteiger partial charge in [0.05, 0.1) is 12.2 Å². The first kappa shape index (κ1) is 11.5. The van der Waals surface area contributed by atoms with Gasteiger partial charge in [0.25, 0.3) is 5.91 Å². The van der Waals surface area contributed by atoms with Crippen molar-refractivity contribution in [2.24, 2.45) is 0 Å². The highest BCUT2D eigenvalue weighted by molar-refractivity contribution is 5.80. The number of rotatable bonds is 3. The van der Waals surface area contributed by atoms with E-state index in [9.17, 15) is 4.79 Å². The molecular weight excluding hydrogens is 182 g/mol. The van der Waals surface area contributed by atoms with Crippen molar-refractivity contribution < 1.29 is 14.6 Å². The number of carbonyl (C=O) groups is 1. The van der Waals surface area contributed by atoms with Crippen molar-refractivity contribution in [1.29, 1.82) is 0 Å². The molecule has 82 valence electrons. The zero-order valence-corrected chi connectivity index (χ0v) is 9.06. The van der Waals surface area contributed by atoms with Crippen molar-refractivity contribution in [3.8, 4) is 0 Å². The van der Waals surface area contributed by atoms with Crippen LogP contribution in [0.2, 0.25) is 0 Å². The van der Waals surface area contributed by atoms with Crippen LogP contribution in [-0.4, -0.2) is 47.3 Å². The van der Waals surface area contributed by atoms with Crippen molar-refractivity contribution in [3.05, 3.63) is 0 Å². The van der Waals surface area contributed by atoms with E-state index in [-0.39, 0.29) is 18.1 Å². The fourth-order valence-electron chi connectivity index (χ4n) is 1.69. The van der Waals surface area contributed by atoms with Crippen molar-refractivity contribution in [2.75, 3.05) is 13.1 Å². The second-order valence-electron chi connectivity index (χ2n) is 4.06. The fraction of sp³-hybridized carbons (Fsp3) is 0.900. The number of ether oxygens (including phenoxy) is 1. The summed E-state index contributed by atoms with van der Waals surface area (Å²) in [5, 5.41) is 9.12. The summed E-state index contributed by atoms with van der Waals surface area (Å²) in [6, 6.07) is 0. The van der Waals surface area contributed by atoms with Crippen LogP contribution in [0, 0.1) is 0 Å². The molecule has 1 amide bonds. The van der Waals surface area contributed by atoms with Crippen molar-refractivity contribution in [2.45, 2.75) is 45.5 Å². The Hall–Kier alpha value is -0.610. The molecule has 1 N–H and O–H groups in total. The average molecular weight is 201 g/mol. The Morgan fingerprint density at radius 1 is 1.50 bits per heavy atom. The van der Waals surface area contributed by atoms with Gasteiger partial charge in [-0.2, -0.15) is 0 Å². The molecular formula is C10H19NO3. The molecule has 0 bridgehead atoms. The largest absolute Gasteiger partial charge is 0.384 e. The maximum atomic E-state index is 11.4. The molecule has 1 aliphatic rings. The average Bonchev–Trinajstić information content (AvgIpc) is 2.50. The Morgan fingerprint density at radius 2 is 2.14 bits per heavy atom. The third kappa shape index (κ3) is 2.96. The molecule has 14 heavy (non-hydrogen) atoms. The van der Waals surface area contributed by atoms with Crippen LogP contribution in [0.1, 0.15) is 27.2 Å². The van der Waals surface area contributed by atoms with Crippen LogP contribution in [0.3, 0.4) is 0 Å². The number of carbonyl (C=O) groups excluding carboxylic acids is 1. The van der Waals surface area contributed by atoms with Gasteiger partial charge in [-0.15, -0.1) is 0 Å². The van der Waals surface area contributed by atoms with Gasteiger partial charge in [0.1, 0.15) is 6.10 Å². The van der Waals surface area contributed by atoms with E-state index in [4.69, 9.17) is 9.84 Å². The first-order valence-electron chi connectivity index (χ1n) is 5.13. The van der Waals surface area contributed by atoms with Crippen LogP contribution < -0.4 is 0 Å². The highest BCUT2D eigenvalue weighted by Crippen LogP contribution is 2.15. The number of hydrogen-bond acceptors (Lipinski definition) is 3.